The third-order valence-corrected chi connectivity index (χ3v) is 5.96. The van der Waals surface area contributed by atoms with Crippen LogP contribution in [-0.2, 0) is 0 Å². The van der Waals surface area contributed by atoms with Crippen LogP contribution in [0.3, 0.4) is 0 Å². The lowest BCUT2D eigenvalue weighted by Crippen LogP contribution is -2.37. The summed E-state index contributed by atoms with van der Waals surface area (Å²) in [4.78, 5) is 49.4. The molecule has 1 aliphatic heterocycles. The topological polar surface area (TPSA) is 102 Å². The van der Waals surface area contributed by atoms with E-state index >= 15 is 0 Å². The quantitative estimate of drug-likeness (QED) is 0.830. The maximum absolute atomic E-state index is 13.0. The molecule has 150 valence electrons. The van der Waals surface area contributed by atoms with Crippen molar-refractivity contribution in [3.63, 3.8) is 0 Å². The summed E-state index contributed by atoms with van der Waals surface area (Å²) in [5, 5.41) is 0.221. The summed E-state index contributed by atoms with van der Waals surface area (Å²) in [5.74, 6) is 0.689. The molecule has 3 heterocycles. The van der Waals surface area contributed by atoms with Gasteiger partial charge in [-0.25, -0.2) is 9.78 Å². The van der Waals surface area contributed by atoms with Crippen LogP contribution in [0.1, 0.15) is 48.9 Å². The number of pyridine rings is 1. The van der Waals surface area contributed by atoms with Crippen molar-refractivity contribution in [2.75, 3.05) is 32.7 Å². The number of nitrogens with zero attached hydrogens (tertiary/aromatic N) is 3. The first-order valence-corrected chi connectivity index (χ1v) is 10.2. The standard InChI is InChI=1S/C20H27N5O3/c26-18-16-11-15(12-21-17(16)22-20(28)23-18)19(27)25-8-4-7-24(9-10-25)13-14-5-2-1-3-6-14/h11-12,14H,1-10,13H2,(H2,21,22,23,26,28). The van der Waals surface area contributed by atoms with E-state index in [9.17, 15) is 14.4 Å². The van der Waals surface area contributed by atoms with Gasteiger partial charge in [-0.3, -0.25) is 19.6 Å². The van der Waals surface area contributed by atoms with E-state index in [4.69, 9.17) is 0 Å². The summed E-state index contributed by atoms with van der Waals surface area (Å²) in [6.45, 7) is 4.45. The van der Waals surface area contributed by atoms with Crippen LogP contribution in [0.2, 0.25) is 0 Å². The number of amides is 1. The van der Waals surface area contributed by atoms with Gasteiger partial charge in [0.25, 0.3) is 11.5 Å². The molecule has 2 fully saturated rings. The van der Waals surface area contributed by atoms with Gasteiger partial charge in [-0.1, -0.05) is 19.3 Å². The van der Waals surface area contributed by atoms with Crippen molar-refractivity contribution in [1.29, 1.82) is 0 Å². The van der Waals surface area contributed by atoms with Crippen LogP contribution in [-0.4, -0.2) is 63.4 Å². The maximum Gasteiger partial charge on any atom is 0.327 e. The predicted octanol–water partition coefficient (Wildman–Crippen LogP) is 1.34. The number of nitrogens with one attached hydrogen (secondary N) is 2. The number of H-pyrrole nitrogens is 2. The van der Waals surface area contributed by atoms with E-state index in [1.807, 2.05) is 4.90 Å². The molecule has 1 aliphatic carbocycles. The molecular formula is C20H27N5O3. The highest BCUT2D eigenvalue weighted by Gasteiger charge is 2.23. The fourth-order valence-electron chi connectivity index (χ4n) is 4.44. The molecule has 2 aliphatic rings. The second-order valence-electron chi connectivity index (χ2n) is 7.98. The number of hydrogen-bond acceptors (Lipinski definition) is 5. The minimum atomic E-state index is -0.602. The van der Waals surface area contributed by atoms with E-state index in [0.29, 0.717) is 18.7 Å². The third-order valence-electron chi connectivity index (χ3n) is 5.96. The van der Waals surface area contributed by atoms with Crippen LogP contribution in [0.4, 0.5) is 0 Å². The fraction of sp³-hybridized carbons (Fsp3) is 0.600. The van der Waals surface area contributed by atoms with Gasteiger partial charge in [0, 0.05) is 32.4 Å². The second-order valence-corrected chi connectivity index (χ2v) is 7.98. The van der Waals surface area contributed by atoms with Crippen molar-refractivity contribution in [3.8, 4) is 0 Å². The zero-order valence-electron chi connectivity index (χ0n) is 16.1. The maximum atomic E-state index is 13.0. The van der Waals surface area contributed by atoms with Gasteiger partial charge in [0.2, 0.25) is 0 Å². The van der Waals surface area contributed by atoms with Gasteiger partial charge < -0.3 is 9.80 Å². The highest BCUT2D eigenvalue weighted by molar-refractivity contribution is 5.96. The highest BCUT2D eigenvalue weighted by atomic mass is 16.2. The van der Waals surface area contributed by atoms with Crippen molar-refractivity contribution in [3.05, 3.63) is 38.7 Å². The van der Waals surface area contributed by atoms with E-state index in [0.717, 1.165) is 32.0 Å². The zero-order valence-corrected chi connectivity index (χ0v) is 16.1. The number of carbonyl (C=O) groups is 1. The SMILES string of the molecule is O=C(c1cnc2[nH]c(=O)[nH]c(=O)c2c1)N1CCCN(CC2CCCCC2)CC1. The summed E-state index contributed by atoms with van der Waals surface area (Å²) < 4.78 is 0. The normalized spacial score (nSPS) is 19.6. The number of aromatic amines is 2. The first kappa shape index (κ1) is 18.9. The van der Waals surface area contributed by atoms with Gasteiger partial charge in [-0.05, 0) is 37.8 Å². The molecule has 8 heteroatoms. The summed E-state index contributed by atoms with van der Waals surface area (Å²) in [5.41, 5.74) is -0.560. The van der Waals surface area contributed by atoms with E-state index < -0.39 is 11.2 Å². The average Bonchev–Trinajstić information content (AvgIpc) is 2.93. The van der Waals surface area contributed by atoms with Crippen LogP contribution in [0, 0.1) is 5.92 Å². The minimum absolute atomic E-state index is 0.112. The lowest BCUT2D eigenvalue weighted by molar-refractivity contribution is 0.0759. The molecule has 0 radical (unpaired) electrons. The molecule has 2 aromatic heterocycles. The van der Waals surface area contributed by atoms with E-state index in [1.165, 1.54) is 44.4 Å². The smallest absolute Gasteiger partial charge is 0.327 e. The van der Waals surface area contributed by atoms with Crippen LogP contribution in [0.15, 0.2) is 21.9 Å². The Balaban J connectivity index is 1.44. The summed E-state index contributed by atoms with van der Waals surface area (Å²) >= 11 is 0. The van der Waals surface area contributed by atoms with Gasteiger partial charge in [0.05, 0.1) is 10.9 Å². The minimum Gasteiger partial charge on any atom is -0.337 e. The molecule has 0 atom stereocenters. The molecule has 0 unspecified atom stereocenters. The Morgan fingerprint density at radius 2 is 1.86 bits per heavy atom. The molecule has 0 aromatic carbocycles. The van der Waals surface area contributed by atoms with Crippen molar-refractivity contribution in [2.24, 2.45) is 5.92 Å². The molecule has 2 aromatic rings. The Labute approximate surface area is 163 Å². The Morgan fingerprint density at radius 1 is 1.04 bits per heavy atom. The van der Waals surface area contributed by atoms with Crippen LogP contribution >= 0.6 is 0 Å². The van der Waals surface area contributed by atoms with Gasteiger partial charge in [-0.15, -0.1) is 0 Å². The molecule has 4 rings (SSSR count). The molecule has 2 N–H and O–H groups in total. The van der Waals surface area contributed by atoms with Crippen molar-refractivity contribution >= 4 is 16.9 Å². The summed E-state index contributed by atoms with van der Waals surface area (Å²) in [6.07, 6.45) is 9.12. The Kier molecular flexibility index (Phi) is 5.57. The number of hydrogen-bond donors (Lipinski definition) is 2. The molecule has 8 nitrogen and oxygen atoms in total. The third kappa shape index (κ3) is 4.16. The van der Waals surface area contributed by atoms with E-state index in [2.05, 4.69) is 19.9 Å². The Bertz CT molecular complexity index is 960. The van der Waals surface area contributed by atoms with Crippen molar-refractivity contribution < 1.29 is 4.79 Å². The monoisotopic (exact) mass is 385 g/mol. The number of rotatable bonds is 3. The predicted molar refractivity (Wildman–Crippen MR) is 107 cm³/mol. The van der Waals surface area contributed by atoms with Gasteiger partial charge >= 0.3 is 5.69 Å². The zero-order chi connectivity index (χ0) is 19.5. The number of fused-ring (bicyclic) bond motifs is 1. The average molecular weight is 385 g/mol. The fourth-order valence-corrected chi connectivity index (χ4v) is 4.44. The van der Waals surface area contributed by atoms with Gasteiger partial charge in [-0.2, -0.15) is 0 Å². The van der Waals surface area contributed by atoms with Crippen LogP contribution in [0.25, 0.3) is 11.0 Å². The highest BCUT2D eigenvalue weighted by Crippen LogP contribution is 2.24. The molecule has 0 spiro atoms. The van der Waals surface area contributed by atoms with E-state index in [1.54, 1.807) is 0 Å². The lowest BCUT2D eigenvalue weighted by Gasteiger charge is -2.28. The molecule has 1 saturated carbocycles. The first-order valence-electron chi connectivity index (χ1n) is 10.2. The van der Waals surface area contributed by atoms with Gasteiger partial charge in [0.1, 0.15) is 5.65 Å². The second kappa shape index (κ2) is 8.26. The molecular weight excluding hydrogens is 358 g/mol. The van der Waals surface area contributed by atoms with Gasteiger partial charge in [0.15, 0.2) is 0 Å². The van der Waals surface area contributed by atoms with Crippen molar-refractivity contribution in [1.82, 2.24) is 24.8 Å². The van der Waals surface area contributed by atoms with E-state index in [-0.39, 0.29) is 16.9 Å². The Hall–Kier alpha value is -2.48. The molecule has 28 heavy (non-hydrogen) atoms. The van der Waals surface area contributed by atoms with Crippen LogP contribution in [0.5, 0.6) is 0 Å². The number of carbonyl (C=O) groups excluding carboxylic acids is 1. The lowest BCUT2D eigenvalue weighted by atomic mass is 9.89. The largest absolute Gasteiger partial charge is 0.337 e. The molecule has 1 saturated heterocycles. The summed E-state index contributed by atoms with van der Waals surface area (Å²) in [6, 6.07) is 1.52. The van der Waals surface area contributed by atoms with Crippen molar-refractivity contribution in [2.45, 2.75) is 38.5 Å². The molecule has 1 amide bonds. The number of aromatic nitrogens is 3. The molecule has 0 bridgehead atoms. The van der Waals surface area contributed by atoms with Crippen LogP contribution < -0.4 is 11.2 Å². The summed E-state index contributed by atoms with van der Waals surface area (Å²) in [7, 11) is 0. The Morgan fingerprint density at radius 3 is 2.68 bits per heavy atom. The first-order chi connectivity index (χ1) is 13.6.